The highest BCUT2D eigenvalue weighted by Crippen LogP contribution is 2.57. The molecule has 0 aromatic rings. The fraction of sp³-hybridized carbons (Fsp3) is 0.692. The van der Waals surface area contributed by atoms with Gasteiger partial charge in [-0.2, -0.15) is 0 Å². The average molecular weight is 317 g/mol. The number of methoxy groups -OCH3 is 2. The largest absolute Gasteiger partial charge is 0.346 e. The Morgan fingerprint density at radius 3 is 2.44 bits per heavy atom. The van der Waals surface area contributed by atoms with Crippen molar-refractivity contribution in [2.75, 3.05) is 14.2 Å². The second-order valence-corrected chi connectivity index (χ2v) is 6.08. The lowest BCUT2D eigenvalue weighted by molar-refractivity contribution is -0.246. The van der Waals surface area contributed by atoms with E-state index in [-0.39, 0.29) is 23.4 Å². The zero-order valence-corrected chi connectivity index (χ0v) is 12.5. The van der Waals surface area contributed by atoms with E-state index >= 15 is 0 Å². The third kappa shape index (κ3) is 1.50. The van der Waals surface area contributed by atoms with Gasteiger partial charge in [-0.3, -0.25) is 9.59 Å². The molecule has 0 aromatic heterocycles. The number of hydrogen-bond donors (Lipinski definition) is 0. The van der Waals surface area contributed by atoms with Crippen molar-refractivity contribution in [1.82, 2.24) is 0 Å². The molecule has 0 aliphatic heterocycles. The van der Waals surface area contributed by atoms with E-state index in [1.165, 1.54) is 21.1 Å². The minimum atomic E-state index is -1.27. The minimum absolute atomic E-state index is 0.0351. The molecule has 5 heteroatoms. The fourth-order valence-electron chi connectivity index (χ4n) is 3.32. The number of Topliss-reactive ketones (excluding diaryl/α,β-unsaturated/α-hetero) is 2. The predicted molar refractivity (Wildman–Crippen MR) is 69.2 cm³/mol. The number of halogens is 1. The maximum absolute atomic E-state index is 12.7. The third-order valence-electron chi connectivity index (χ3n) is 4.33. The number of ketones is 2. The Balaban J connectivity index is 2.59. The summed E-state index contributed by atoms with van der Waals surface area (Å²) < 4.78 is 11.6. The van der Waals surface area contributed by atoms with Crippen molar-refractivity contribution in [1.29, 1.82) is 0 Å². The van der Waals surface area contributed by atoms with Crippen LogP contribution in [0.5, 0.6) is 0 Å². The third-order valence-corrected chi connectivity index (χ3v) is 5.11. The van der Waals surface area contributed by atoms with Gasteiger partial charge in [-0.1, -0.05) is 22.0 Å². The van der Waals surface area contributed by atoms with Gasteiger partial charge in [0, 0.05) is 24.6 Å². The summed E-state index contributed by atoms with van der Waals surface area (Å²) >= 11 is 3.48. The summed E-state index contributed by atoms with van der Waals surface area (Å²) in [5.74, 6) is -1.95. The number of carbonyl (C=O) groups excluding carboxylic acids is 2. The molecule has 100 valence electrons. The monoisotopic (exact) mass is 316 g/mol. The summed E-state index contributed by atoms with van der Waals surface area (Å²) in [4.78, 5) is 24.4. The molecule has 0 heterocycles. The Kier molecular flexibility index (Phi) is 3.28. The molecule has 0 saturated heterocycles. The Morgan fingerprint density at radius 1 is 1.44 bits per heavy atom. The second kappa shape index (κ2) is 4.25. The van der Waals surface area contributed by atoms with E-state index in [9.17, 15) is 9.59 Å². The Morgan fingerprint density at radius 2 is 2.00 bits per heavy atom. The van der Waals surface area contributed by atoms with E-state index in [4.69, 9.17) is 9.47 Å². The van der Waals surface area contributed by atoms with E-state index in [1.54, 1.807) is 6.92 Å². The summed E-state index contributed by atoms with van der Waals surface area (Å²) in [6.45, 7) is 3.32. The van der Waals surface area contributed by atoms with Gasteiger partial charge in [0.15, 0.2) is 0 Å². The lowest BCUT2D eigenvalue weighted by Gasteiger charge is -2.53. The van der Waals surface area contributed by atoms with Crippen molar-refractivity contribution >= 4 is 27.5 Å². The van der Waals surface area contributed by atoms with Gasteiger partial charge in [0.2, 0.25) is 11.6 Å². The number of ether oxygens (including phenoxy) is 2. The van der Waals surface area contributed by atoms with Crippen LogP contribution in [0.2, 0.25) is 0 Å². The van der Waals surface area contributed by atoms with Crippen molar-refractivity contribution < 1.29 is 19.1 Å². The SMILES string of the molecule is COC1(OC)C(=O)[C@@]2(C)C=C(Br)[C@H]1C[C@H]2C(C)=O. The normalized spacial score (nSPS) is 37.6. The summed E-state index contributed by atoms with van der Waals surface area (Å²) in [6.07, 6.45) is 2.40. The van der Waals surface area contributed by atoms with Crippen LogP contribution in [0.25, 0.3) is 0 Å². The Labute approximate surface area is 115 Å². The van der Waals surface area contributed by atoms with Gasteiger partial charge >= 0.3 is 0 Å². The molecule has 3 rings (SSSR count). The number of rotatable bonds is 3. The van der Waals surface area contributed by atoms with Crippen LogP contribution in [0.1, 0.15) is 20.3 Å². The quantitative estimate of drug-likeness (QED) is 0.748. The topological polar surface area (TPSA) is 52.6 Å². The molecule has 3 aliphatic carbocycles. The zero-order valence-electron chi connectivity index (χ0n) is 11.0. The summed E-state index contributed by atoms with van der Waals surface area (Å²) in [5.41, 5.74) is -0.856. The molecule has 1 saturated carbocycles. The molecule has 0 spiro atoms. The van der Waals surface area contributed by atoms with Crippen molar-refractivity contribution in [2.24, 2.45) is 17.3 Å². The molecule has 3 aliphatic rings. The lowest BCUT2D eigenvalue weighted by Crippen LogP contribution is -2.65. The Hall–Kier alpha value is -0.520. The summed E-state index contributed by atoms with van der Waals surface area (Å²) in [5, 5.41) is 0. The minimum Gasteiger partial charge on any atom is -0.346 e. The average Bonchev–Trinajstić information content (AvgIpc) is 2.31. The first-order valence-corrected chi connectivity index (χ1v) is 6.66. The maximum atomic E-state index is 12.7. The van der Waals surface area contributed by atoms with Crippen molar-refractivity contribution in [3.63, 3.8) is 0 Å². The highest BCUT2D eigenvalue weighted by atomic mass is 79.9. The molecule has 0 radical (unpaired) electrons. The van der Waals surface area contributed by atoms with Crippen molar-refractivity contribution in [3.8, 4) is 0 Å². The molecule has 0 amide bonds. The van der Waals surface area contributed by atoms with Gasteiger partial charge < -0.3 is 9.47 Å². The predicted octanol–water partition coefficient (Wildman–Crippen LogP) is 2.07. The zero-order chi connectivity index (χ0) is 13.7. The van der Waals surface area contributed by atoms with Gasteiger partial charge in [-0.25, -0.2) is 0 Å². The summed E-state index contributed by atoms with van der Waals surface area (Å²) in [6, 6.07) is 0. The Bertz CT molecular complexity index is 438. The molecular formula is C13H17BrO4. The molecule has 1 fully saturated rings. The van der Waals surface area contributed by atoms with Crippen molar-refractivity contribution in [3.05, 3.63) is 10.6 Å². The van der Waals surface area contributed by atoms with E-state index in [0.29, 0.717) is 6.42 Å². The fourth-order valence-corrected chi connectivity index (χ4v) is 4.28. The number of hydrogen-bond acceptors (Lipinski definition) is 4. The van der Waals surface area contributed by atoms with Crippen molar-refractivity contribution in [2.45, 2.75) is 26.1 Å². The van der Waals surface area contributed by atoms with Gasteiger partial charge in [0.05, 0.1) is 11.3 Å². The summed E-state index contributed by atoms with van der Waals surface area (Å²) in [7, 11) is 2.93. The highest BCUT2D eigenvalue weighted by Gasteiger charge is 2.65. The first-order valence-electron chi connectivity index (χ1n) is 5.87. The molecule has 0 N–H and O–H groups in total. The maximum Gasteiger partial charge on any atom is 0.236 e. The van der Waals surface area contributed by atoms with E-state index in [0.717, 1.165) is 4.48 Å². The molecule has 2 bridgehead atoms. The van der Waals surface area contributed by atoms with Crippen LogP contribution in [-0.4, -0.2) is 31.6 Å². The molecular weight excluding hydrogens is 300 g/mol. The van der Waals surface area contributed by atoms with Crippen LogP contribution in [0.3, 0.4) is 0 Å². The van der Waals surface area contributed by atoms with Gasteiger partial charge in [-0.05, 0) is 20.3 Å². The van der Waals surface area contributed by atoms with Crippen LogP contribution in [-0.2, 0) is 19.1 Å². The van der Waals surface area contributed by atoms with E-state index in [1.807, 2.05) is 6.08 Å². The molecule has 0 unspecified atom stereocenters. The lowest BCUT2D eigenvalue weighted by atomic mass is 9.55. The van der Waals surface area contributed by atoms with Crippen LogP contribution >= 0.6 is 15.9 Å². The van der Waals surface area contributed by atoms with Gasteiger partial charge in [-0.15, -0.1) is 0 Å². The number of allylic oxidation sites excluding steroid dienone is 1. The number of carbonyl (C=O) groups is 2. The first kappa shape index (κ1) is 13.9. The van der Waals surface area contributed by atoms with Crippen LogP contribution in [0, 0.1) is 17.3 Å². The van der Waals surface area contributed by atoms with E-state index < -0.39 is 11.2 Å². The smallest absolute Gasteiger partial charge is 0.236 e. The first-order chi connectivity index (χ1) is 8.33. The molecule has 0 aromatic carbocycles. The molecule has 4 nitrogen and oxygen atoms in total. The van der Waals surface area contributed by atoms with Gasteiger partial charge in [0.1, 0.15) is 5.78 Å². The van der Waals surface area contributed by atoms with Crippen LogP contribution in [0.15, 0.2) is 10.6 Å². The van der Waals surface area contributed by atoms with Gasteiger partial charge in [0.25, 0.3) is 0 Å². The number of fused-ring (bicyclic) bond motifs is 2. The highest BCUT2D eigenvalue weighted by molar-refractivity contribution is 9.11. The van der Waals surface area contributed by atoms with Crippen LogP contribution in [0.4, 0.5) is 0 Å². The molecule has 3 atom stereocenters. The second-order valence-electron chi connectivity index (χ2n) is 5.17. The van der Waals surface area contributed by atoms with E-state index in [2.05, 4.69) is 15.9 Å². The molecule has 18 heavy (non-hydrogen) atoms. The van der Waals surface area contributed by atoms with Crippen LogP contribution < -0.4 is 0 Å². The standard InChI is InChI=1S/C13H17BrO4/c1-7(15)8-5-9-10(14)6-12(8,2)11(16)13(9,17-3)18-4/h6,8-9H,5H2,1-4H3/t8-,9+,12-/m0/s1.